The lowest BCUT2D eigenvalue weighted by Crippen LogP contribution is -2.50. The van der Waals surface area contributed by atoms with E-state index in [0.29, 0.717) is 6.07 Å². The van der Waals surface area contributed by atoms with Crippen LogP contribution < -0.4 is 5.32 Å². The van der Waals surface area contributed by atoms with E-state index in [9.17, 15) is 35.2 Å². The molecule has 1 fully saturated rings. The van der Waals surface area contributed by atoms with Gasteiger partial charge in [0.25, 0.3) is 0 Å². The number of amides is 1. The average Bonchev–Trinajstić information content (AvgIpc) is 2.69. The number of benzene rings is 2. The predicted octanol–water partition coefficient (Wildman–Crippen LogP) is 2.93. The lowest BCUT2D eigenvalue weighted by atomic mass is 10.1. The summed E-state index contributed by atoms with van der Waals surface area (Å²) in [6.07, 6.45) is -4.63. The number of halogens is 5. The molecule has 12 heteroatoms. The van der Waals surface area contributed by atoms with E-state index in [1.165, 1.54) is 12.1 Å². The number of rotatable bonds is 5. The van der Waals surface area contributed by atoms with Gasteiger partial charge in [0.1, 0.15) is 16.5 Å². The van der Waals surface area contributed by atoms with Gasteiger partial charge in [-0.1, -0.05) is 12.1 Å². The van der Waals surface area contributed by atoms with Crippen molar-refractivity contribution in [1.82, 2.24) is 9.21 Å². The zero-order chi connectivity index (χ0) is 22.8. The molecule has 1 N–H and O–H groups in total. The van der Waals surface area contributed by atoms with Crippen LogP contribution in [-0.4, -0.2) is 56.3 Å². The first kappa shape index (κ1) is 23.1. The smallest absolute Gasteiger partial charge is 0.324 e. The summed E-state index contributed by atoms with van der Waals surface area (Å²) in [5.41, 5.74) is -1.35. The fourth-order valence-corrected chi connectivity index (χ4v) is 4.67. The van der Waals surface area contributed by atoms with Crippen molar-refractivity contribution in [3.05, 3.63) is 59.7 Å². The van der Waals surface area contributed by atoms with E-state index in [-0.39, 0.29) is 38.4 Å². The molecule has 168 valence electrons. The van der Waals surface area contributed by atoms with Crippen LogP contribution in [0.1, 0.15) is 5.56 Å². The second-order valence-electron chi connectivity index (χ2n) is 6.85. The van der Waals surface area contributed by atoms with E-state index in [2.05, 4.69) is 5.32 Å². The van der Waals surface area contributed by atoms with Gasteiger partial charge in [0.15, 0.2) is 0 Å². The molecule has 0 unspecified atom stereocenters. The van der Waals surface area contributed by atoms with E-state index in [1.807, 2.05) is 0 Å². The van der Waals surface area contributed by atoms with Gasteiger partial charge in [0.05, 0.1) is 17.8 Å². The second kappa shape index (κ2) is 8.89. The van der Waals surface area contributed by atoms with Crippen molar-refractivity contribution >= 4 is 21.6 Å². The molecule has 0 saturated carbocycles. The topological polar surface area (TPSA) is 69.7 Å². The minimum absolute atomic E-state index is 0.0878. The van der Waals surface area contributed by atoms with Crippen LogP contribution in [0.25, 0.3) is 0 Å². The van der Waals surface area contributed by atoms with Crippen LogP contribution in [-0.2, 0) is 21.0 Å². The SMILES string of the molecule is O=C(CN1CCN(S(=O)(=O)c2cc(F)ccc2F)CC1)Nc1ccccc1C(F)(F)F. The summed E-state index contributed by atoms with van der Waals surface area (Å²) in [4.78, 5) is 13.0. The van der Waals surface area contributed by atoms with Crippen LogP contribution in [0.15, 0.2) is 47.4 Å². The molecule has 0 bridgehead atoms. The van der Waals surface area contributed by atoms with Gasteiger partial charge >= 0.3 is 6.18 Å². The highest BCUT2D eigenvalue weighted by Gasteiger charge is 2.34. The van der Waals surface area contributed by atoms with E-state index >= 15 is 0 Å². The van der Waals surface area contributed by atoms with Crippen LogP contribution in [0.3, 0.4) is 0 Å². The monoisotopic (exact) mass is 463 g/mol. The van der Waals surface area contributed by atoms with Gasteiger partial charge < -0.3 is 5.32 Å². The highest BCUT2D eigenvalue weighted by Crippen LogP contribution is 2.34. The largest absolute Gasteiger partial charge is 0.418 e. The van der Waals surface area contributed by atoms with Crippen molar-refractivity contribution in [3.63, 3.8) is 0 Å². The van der Waals surface area contributed by atoms with Crippen molar-refractivity contribution in [2.75, 3.05) is 38.0 Å². The molecule has 0 spiro atoms. The summed E-state index contributed by atoms with van der Waals surface area (Å²) in [5.74, 6) is -2.66. The molecule has 6 nitrogen and oxygen atoms in total. The Labute approximate surface area is 175 Å². The molecular formula is C19H18F5N3O3S. The molecular weight excluding hydrogens is 445 g/mol. The molecule has 1 aliphatic heterocycles. The Balaban J connectivity index is 1.61. The predicted molar refractivity (Wildman–Crippen MR) is 102 cm³/mol. The Morgan fingerprint density at radius 2 is 1.65 bits per heavy atom. The highest BCUT2D eigenvalue weighted by molar-refractivity contribution is 7.89. The van der Waals surface area contributed by atoms with Crippen molar-refractivity contribution in [3.8, 4) is 0 Å². The third kappa shape index (κ3) is 5.38. The zero-order valence-electron chi connectivity index (χ0n) is 16.0. The maximum atomic E-state index is 13.9. The molecule has 2 aromatic rings. The zero-order valence-corrected chi connectivity index (χ0v) is 16.8. The van der Waals surface area contributed by atoms with Crippen LogP contribution in [0.4, 0.5) is 27.6 Å². The number of nitrogens with one attached hydrogen (secondary N) is 1. The first-order valence-corrected chi connectivity index (χ1v) is 10.6. The Bertz CT molecular complexity index is 1070. The highest BCUT2D eigenvalue weighted by atomic mass is 32.2. The molecule has 2 aromatic carbocycles. The lowest BCUT2D eigenvalue weighted by molar-refractivity contribution is -0.137. The van der Waals surface area contributed by atoms with Crippen LogP contribution >= 0.6 is 0 Å². The van der Waals surface area contributed by atoms with Crippen molar-refractivity contribution < 1.29 is 35.2 Å². The summed E-state index contributed by atoms with van der Waals surface area (Å²) in [5, 5.41) is 2.22. The quantitative estimate of drug-likeness (QED) is 0.693. The van der Waals surface area contributed by atoms with Crippen LogP contribution in [0, 0.1) is 11.6 Å². The molecule has 1 heterocycles. The van der Waals surface area contributed by atoms with Gasteiger partial charge in [0.2, 0.25) is 15.9 Å². The van der Waals surface area contributed by atoms with Crippen molar-refractivity contribution in [1.29, 1.82) is 0 Å². The van der Waals surface area contributed by atoms with Gasteiger partial charge in [-0.2, -0.15) is 17.5 Å². The minimum atomic E-state index is -4.63. The Hall–Kier alpha value is -2.57. The van der Waals surface area contributed by atoms with Gasteiger partial charge in [-0.3, -0.25) is 9.69 Å². The molecule has 0 radical (unpaired) electrons. The van der Waals surface area contributed by atoms with Gasteiger partial charge in [0, 0.05) is 26.2 Å². The maximum absolute atomic E-state index is 13.9. The number of piperazine rings is 1. The summed E-state index contributed by atoms with van der Waals surface area (Å²) in [6, 6.07) is 6.69. The second-order valence-corrected chi connectivity index (χ2v) is 8.75. The van der Waals surface area contributed by atoms with E-state index in [1.54, 1.807) is 4.90 Å². The summed E-state index contributed by atoms with van der Waals surface area (Å²) >= 11 is 0. The number of carbonyl (C=O) groups is 1. The number of carbonyl (C=O) groups excluding carboxylic acids is 1. The number of nitrogens with zero attached hydrogens (tertiary/aromatic N) is 2. The van der Waals surface area contributed by atoms with Crippen molar-refractivity contribution in [2.45, 2.75) is 11.1 Å². The van der Waals surface area contributed by atoms with Gasteiger partial charge in [-0.15, -0.1) is 0 Å². The summed E-state index contributed by atoms with van der Waals surface area (Å²) in [6.45, 7) is -0.265. The number of anilines is 1. The first-order chi connectivity index (χ1) is 14.5. The minimum Gasteiger partial charge on any atom is -0.324 e. The third-order valence-electron chi connectivity index (χ3n) is 4.72. The number of hydrogen-bond acceptors (Lipinski definition) is 4. The van der Waals surface area contributed by atoms with Crippen molar-refractivity contribution in [2.24, 2.45) is 0 Å². The Morgan fingerprint density at radius 1 is 1.00 bits per heavy atom. The van der Waals surface area contributed by atoms with E-state index in [4.69, 9.17) is 0 Å². The number of hydrogen-bond donors (Lipinski definition) is 1. The Morgan fingerprint density at radius 3 is 2.29 bits per heavy atom. The molecule has 1 aliphatic rings. The molecule has 1 saturated heterocycles. The summed E-state index contributed by atoms with van der Waals surface area (Å²) in [7, 11) is -4.27. The van der Waals surface area contributed by atoms with Crippen LogP contribution in [0.2, 0.25) is 0 Å². The molecule has 0 aromatic heterocycles. The van der Waals surface area contributed by atoms with Gasteiger partial charge in [-0.05, 0) is 30.3 Å². The molecule has 3 rings (SSSR count). The fraction of sp³-hybridized carbons (Fsp3) is 0.316. The van der Waals surface area contributed by atoms with E-state index < -0.39 is 44.2 Å². The normalized spacial score (nSPS) is 16.3. The number of para-hydroxylation sites is 1. The lowest BCUT2D eigenvalue weighted by Gasteiger charge is -2.33. The molecule has 31 heavy (non-hydrogen) atoms. The Kier molecular flexibility index (Phi) is 6.62. The fourth-order valence-electron chi connectivity index (χ4n) is 3.17. The number of alkyl halides is 3. The number of sulfonamides is 1. The molecule has 0 atom stereocenters. The third-order valence-corrected chi connectivity index (χ3v) is 6.63. The maximum Gasteiger partial charge on any atom is 0.418 e. The summed E-state index contributed by atoms with van der Waals surface area (Å²) < 4.78 is 92.5. The first-order valence-electron chi connectivity index (χ1n) is 9.12. The standard InChI is InChI=1S/C19H18F5N3O3S/c20-13-5-6-15(21)17(11-13)31(29,30)27-9-7-26(8-10-27)12-18(28)25-16-4-2-1-3-14(16)19(22,23)24/h1-6,11H,7-10,12H2,(H,25,28). The van der Waals surface area contributed by atoms with Gasteiger partial charge in [-0.25, -0.2) is 17.2 Å². The average molecular weight is 463 g/mol. The van der Waals surface area contributed by atoms with E-state index in [0.717, 1.165) is 28.6 Å². The molecule has 1 amide bonds. The van der Waals surface area contributed by atoms with Crippen LogP contribution in [0.5, 0.6) is 0 Å². The molecule has 0 aliphatic carbocycles.